The Balaban J connectivity index is 1.20. The van der Waals surface area contributed by atoms with E-state index in [0.717, 1.165) is 54.9 Å². The zero-order valence-corrected chi connectivity index (χ0v) is 24.7. The van der Waals surface area contributed by atoms with Crippen molar-refractivity contribution in [3.05, 3.63) is 101 Å². The van der Waals surface area contributed by atoms with E-state index in [1.807, 2.05) is 66.6 Å². The van der Waals surface area contributed by atoms with Gasteiger partial charge in [0.2, 0.25) is 5.91 Å². The molecular formula is C36H40N2O4. The molecule has 1 saturated heterocycles. The summed E-state index contributed by atoms with van der Waals surface area (Å²) in [5.74, 6) is 2.05. The topological polar surface area (TPSA) is 62.2 Å². The van der Waals surface area contributed by atoms with Gasteiger partial charge in [0.25, 0.3) is 0 Å². The van der Waals surface area contributed by atoms with Crippen molar-refractivity contribution in [3.8, 4) is 11.5 Å². The first kappa shape index (κ1) is 27.2. The zero-order valence-electron chi connectivity index (χ0n) is 24.7. The second-order valence-corrected chi connectivity index (χ2v) is 12.6. The molecule has 4 aliphatic rings. The van der Waals surface area contributed by atoms with E-state index in [9.17, 15) is 9.90 Å². The van der Waals surface area contributed by atoms with Gasteiger partial charge in [0.05, 0.1) is 19.3 Å². The Morgan fingerprint density at radius 1 is 1.17 bits per heavy atom. The fourth-order valence-electron chi connectivity index (χ4n) is 8.60. The van der Waals surface area contributed by atoms with Gasteiger partial charge in [0.1, 0.15) is 6.10 Å². The number of ether oxygens (including phenoxy) is 2. The van der Waals surface area contributed by atoms with Gasteiger partial charge in [-0.1, -0.05) is 66.2 Å². The number of amides is 1. The molecule has 6 heteroatoms. The molecule has 218 valence electrons. The first-order valence-corrected chi connectivity index (χ1v) is 15.3. The number of benzene rings is 3. The number of carbonyl (C=O) groups is 1. The number of β-amino-alcohol motifs (C(OH)–C–C–N with tert-alkyl or cyclic N) is 1. The van der Waals surface area contributed by atoms with Gasteiger partial charge in [0, 0.05) is 36.7 Å². The first-order valence-electron chi connectivity index (χ1n) is 15.3. The van der Waals surface area contributed by atoms with Gasteiger partial charge in [-0.3, -0.25) is 9.69 Å². The van der Waals surface area contributed by atoms with Gasteiger partial charge in [-0.25, -0.2) is 0 Å². The highest BCUT2D eigenvalue weighted by Crippen LogP contribution is 2.64. The van der Waals surface area contributed by atoms with Crippen LogP contribution in [-0.2, 0) is 16.6 Å². The summed E-state index contributed by atoms with van der Waals surface area (Å²) in [7, 11) is 3.64. The summed E-state index contributed by atoms with van der Waals surface area (Å²) in [6.45, 7) is 3.57. The normalized spacial score (nSPS) is 28.2. The molecule has 0 radical (unpaired) electrons. The molecule has 1 unspecified atom stereocenters. The Labute approximate surface area is 248 Å². The van der Waals surface area contributed by atoms with E-state index in [-0.39, 0.29) is 23.5 Å². The van der Waals surface area contributed by atoms with Crippen molar-refractivity contribution in [2.75, 3.05) is 27.2 Å². The number of rotatable bonds is 7. The quantitative estimate of drug-likeness (QED) is 0.394. The van der Waals surface area contributed by atoms with Crippen molar-refractivity contribution < 1.29 is 19.4 Å². The van der Waals surface area contributed by atoms with Gasteiger partial charge in [-0.15, -0.1) is 0 Å². The maximum atomic E-state index is 13.5. The van der Waals surface area contributed by atoms with Crippen molar-refractivity contribution in [1.29, 1.82) is 0 Å². The molecule has 2 heterocycles. The van der Waals surface area contributed by atoms with Crippen molar-refractivity contribution in [1.82, 2.24) is 9.80 Å². The molecule has 3 aromatic carbocycles. The minimum Gasteiger partial charge on any atom is -0.493 e. The van der Waals surface area contributed by atoms with E-state index in [2.05, 4.69) is 30.0 Å². The maximum Gasteiger partial charge on any atom is 0.246 e. The number of carbonyl (C=O) groups excluding carboxylic acids is 1. The average Bonchev–Trinajstić information content (AvgIpc) is 3.36. The number of nitrogens with zero attached hydrogens (tertiary/aromatic N) is 2. The van der Waals surface area contributed by atoms with Crippen molar-refractivity contribution in [3.63, 3.8) is 0 Å². The molecule has 0 aromatic heterocycles. The highest BCUT2D eigenvalue weighted by Gasteiger charge is 2.66. The molecule has 1 saturated carbocycles. The second-order valence-electron chi connectivity index (χ2n) is 12.6. The Morgan fingerprint density at radius 3 is 2.79 bits per heavy atom. The molecule has 6 nitrogen and oxygen atoms in total. The van der Waals surface area contributed by atoms with Gasteiger partial charge in [0.15, 0.2) is 11.5 Å². The number of aliphatic hydroxyl groups is 1. The lowest BCUT2D eigenvalue weighted by atomic mass is 9.51. The molecule has 2 fully saturated rings. The molecule has 3 aromatic rings. The molecule has 1 amide bonds. The predicted octanol–water partition coefficient (Wildman–Crippen LogP) is 5.32. The molecule has 2 bridgehead atoms. The largest absolute Gasteiger partial charge is 0.493 e. The van der Waals surface area contributed by atoms with Crippen LogP contribution in [-0.4, -0.2) is 66.2 Å². The Kier molecular flexibility index (Phi) is 6.87. The third kappa shape index (κ3) is 4.26. The van der Waals surface area contributed by atoms with Crippen LogP contribution in [0.5, 0.6) is 11.5 Å². The minimum absolute atomic E-state index is 0.00104. The number of likely N-dealkylation sites (N-methyl/N-ethyl adjacent to an activating group) is 1. The van der Waals surface area contributed by atoms with Crippen LogP contribution in [0, 0.1) is 12.8 Å². The van der Waals surface area contributed by atoms with Crippen LogP contribution in [0.25, 0.3) is 6.08 Å². The number of hydrogen-bond donors (Lipinski definition) is 1. The molecule has 7 rings (SSSR count). The summed E-state index contributed by atoms with van der Waals surface area (Å²) in [4.78, 5) is 18.0. The van der Waals surface area contributed by atoms with Crippen LogP contribution in [0.1, 0.15) is 53.2 Å². The molecule has 42 heavy (non-hydrogen) atoms. The van der Waals surface area contributed by atoms with E-state index in [4.69, 9.17) is 9.47 Å². The standard InChI is InChI=1S/C36H40N2O4/c1-23-8-7-9-24(20-23)12-17-32(40)37(2)28-15-14-27-29-21-26-13-16-31(41-3)34-33(26)36(27,35(28)42-34)18-19-38(29)22-30(39)25-10-5-4-6-11-25/h4-13,16-17,20,27-30,35,39H,14-15,18-19,21-22H2,1-3H3/t27-,28-,29+,30?,35-,36-/m0/s1. The van der Waals surface area contributed by atoms with Crippen LogP contribution in [0.4, 0.5) is 0 Å². The fraction of sp³-hybridized carbons (Fsp3) is 0.417. The summed E-state index contributed by atoms with van der Waals surface area (Å²) >= 11 is 0. The summed E-state index contributed by atoms with van der Waals surface area (Å²) in [5, 5.41) is 11.2. The number of aryl methyl sites for hydroxylation is 1. The summed E-state index contributed by atoms with van der Waals surface area (Å²) in [6.07, 6.45) is 6.73. The zero-order chi connectivity index (χ0) is 29.0. The molecule has 6 atom stereocenters. The van der Waals surface area contributed by atoms with Gasteiger partial charge in [-0.05, 0) is 73.9 Å². The van der Waals surface area contributed by atoms with E-state index < -0.39 is 6.10 Å². The Bertz CT molecular complexity index is 1520. The fourth-order valence-corrected chi connectivity index (χ4v) is 8.60. The van der Waals surface area contributed by atoms with Gasteiger partial charge in [-0.2, -0.15) is 0 Å². The van der Waals surface area contributed by atoms with Gasteiger partial charge < -0.3 is 19.5 Å². The van der Waals surface area contributed by atoms with Crippen molar-refractivity contribution in [2.45, 2.75) is 62.3 Å². The smallest absolute Gasteiger partial charge is 0.246 e. The molecule has 2 aliphatic heterocycles. The van der Waals surface area contributed by atoms with E-state index in [1.165, 1.54) is 16.7 Å². The lowest BCUT2D eigenvalue weighted by Gasteiger charge is -2.60. The third-order valence-corrected chi connectivity index (χ3v) is 10.5. The van der Waals surface area contributed by atoms with Crippen LogP contribution in [0.2, 0.25) is 0 Å². The maximum absolute atomic E-state index is 13.5. The third-order valence-electron chi connectivity index (χ3n) is 10.5. The van der Waals surface area contributed by atoms with E-state index >= 15 is 0 Å². The van der Waals surface area contributed by atoms with Crippen molar-refractivity contribution in [2.24, 2.45) is 5.92 Å². The molecule has 1 N–H and O–H groups in total. The summed E-state index contributed by atoms with van der Waals surface area (Å²) in [5.41, 5.74) is 5.63. The SMILES string of the molecule is COc1ccc2c3c1O[C@H]1[C@@H](N(C)C(=O)C=Cc4cccc(C)c4)CC[C@H]4[C@@H](C2)N(CC(O)c2ccccc2)CC[C@@]341. The second kappa shape index (κ2) is 10.6. The monoisotopic (exact) mass is 564 g/mol. The Hall–Kier alpha value is -3.61. The van der Waals surface area contributed by atoms with Crippen LogP contribution in [0.3, 0.4) is 0 Å². The summed E-state index contributed by atoms with van der Waals surface area (Å²) < 4.78 is 12.8. The lowest BCUT2D eigenvalue weighted by molar-refractivity contribution is -0.135. The number of hydrogen-bond acceptors (Lipinski definition) is 5. The number of methoxy groups -OCH3 is 1. The number of piperidine rings is 1. The van der Waals surface area contributed by atoms with E-state index in [1.54, 1.807) is 13.2 Å². The number of likely N-dealkylation sites (tertiary alicyclic amines) is 1. The average molecular weight is 565 g/mol. The first-order chi connectivity index (χ1) is 20.4. The van der Waals surface area contributed by atoms with Crippen LogP contribution >= 0.6 is 0 Å². The van der Waals surface area contributed by atoms with E-state index in [0.29, 0.717) is 18.5 Å². The Morgan fingerprint density at radius 2 is 2.00 bits per heavy atom. The van der Waals surface area contributed by atoms with Crippen molar-refractivity contribution >= 4 is 12.0 Å². The minimum atomic E-state index is -0.524. The van der Waals surface area contributed by atoms with Crippen LogP contribution < -0.4 is 9.47 Å². The van der Waals surface area contributed by atoms with Crippen LogP contribution in [0.15, 0.2) is 72.8 Å². The molecular weight excluding hydrogens is 524 g/mol. The summed E-state index contributed by atoms with van der Waals surface area (Å²) in [6, 6.07) is 22.7. The lowest BCUT2D eigenvalue weighted by Crippen LogP contribution is -2.69. The van der Waals surface area contributed by atoms with Gasteiger partial charge >= 0.3 is 0 Å². The highest BCUT2D eigenvalue weighted by atomic mass is 16.5. The highest BCUT2D eigenvalue weighted by molar-refractivity contribution is 5.92. The molecule has 1 spiro atoms. The molecule has 2 aliphatic carbocycles. The number of aliphatic hydroxyl groups excluding tert-OH is 1. The predicted molar refractivity (Wildman–Crippen MR) is 164 cm³/mol.